The van der Waals surface area contributed by atoms with Crippen LogP contribution >= 0.6 is 23.7 Å². The number of aromatic nitrogens is 2. The van der Waals surface area contributed by atoms with Gasteiger partial charge in [0, 0.05) is 5.39 Å². The summed E-state index contributed by atoms with van der Waals surface area (Å²) in [6.07, 6.45) is 1.78. The van der Waals surface area contributed by atoms with E-state index in [9.17, 15) is 30.0 Å². The van der Waals surface area contributed by atoms with Crippen LogP contribution < -0.4 is 36.6 Å². The fourth-order valence-electron chi connectivity index (χ4n) is 8.39. The van der Waals surface area contributed by atoms with Crippen LogP contribution in [0.3, 0.4) is 0 Å². The van der Waals surface area contributed by atoms with Gasteiger partial charge < -0.3 is 9.47 Å². The van der Waals surface area contributed by atoms with Gasteiger partial charge in [0.15, 0.2) is 11.5 Å². The Kier molecular flexibility index (Phi) is 18.9. The maximum atomic E-state index is 11.9. The van der Waals surface area contributed by atoms with E-state index in [-0.39, 0.29) is 23.0 Å². The molecule has 9 aromatic rings. The van der Waals surface area contributed by atoms with Crippen LogP contribution in [0.4, 0.5) is 30.9 Å². The zero-order chi connectivity index (χ0) is 53.1. The van der Waals surface area contributed by atoms with Crippen LogP contribution in [0.15, 0.2) is 217 Å². The fourth-order valence-corrected chi connectivity index (χ4v) is 13.7. The molecule has 75 heavy (non-hydrogen) atoms. The molecule has 0 aliphatic rings. The molecule has 1 aromatic heterocycles. The number of hydrogen-bond acceptors (Lipinski definition) is 5. The monoisotopic (exact) mass is 1130 g/mol. The Bertz CT molecular complexity index is 3110. The number of para-hydroxylation sites is 3. The summed E-state index contributed by atoms with van der Waals surface area (Å²) < 4.78 is 72.8. The van der Waals surface area contributed by atoms with Gasteiger partial charge in [-0.2, -0.15) is 5.10 Å². The number of carbonyl (C=O) groups excluding carboxylic acids is 1. The maximum Gasteiger partial charge on any atom is 1.00 e. The molecule has 0 spiro atoms. The third-order valence-corrected chi connectivity index (χ3v) is 17.2. The first-order valence-electron chi connectivity index (χ1n) is 23.8. The van der Waals surface area contributed by atoms with E-state index < -0.39 is 23.7 Å². The van der Waals surface area contributed by atoms with Crippen molar-refractivity contribution in [2.24, 2.45) is 4.99 Å². The topological polar surface area (TPSA) is 65.7 Å². The minimum Gasteiger partial charge on any atom is -0.449 e. The third kappa shape index (κ3) is 16.3. The van der Waals surface area contributed by atoms with Gasteiger partial charge in [0.25, 0.3) is 0 Å². The summed E-state index contributed by atoms with van der Waals surface area (Å²) in [5, 5.41) is 13.3. The average Bonchev–Trinajstić information content (AvgIpc) is 3.82. The molecule has 0 saturated carbocycles. The quantitative estimate of drug-likeness (QED) is 0.0305. The molecule has 0 aliphatic carbocycles. The molecule has 0 aliphatic heterocycles. The zero-order valence-corrected chi connectivity index (χ0v) is 45.8. The summed E-state index contributed by atoms with van der Waals surface area (Å²) in [7, 11) is -11.8. The summed E-state index contributed by atoms with van der Waals surface area (Å²) in [5.74, 6) is 2.97. The third-order valence-electron chi connectivity index (χ3n) is 11.7. The van der Waals surface area contributed by atoms with E-state index in [1.807, 2.05) is 13.0 Å². The summed E-state index contributed by atoms with van der Waals surface area (Å²) in [5.41, 5.74) is 4.78. The molecule has 6 nitrogen and oxygen atoms in total. The number of halogens is 6. The zero-order valence-electron chi connectivity index (χ0n) is 41.9. The van der Waals surface area contributed by atoms with E-state index in [0.717, 1.165) is 33.9 Å². The molecule has 392 valence electrons. The van der Waals surface area contributed by atoms with Crippen LogP contribution in [0.25, 0.3) is 10.9 Å². The molecule has 0 atom stereocenters. The Labute approximate surface area is 447 Å². The minimum absolute atomic E-state index is 0. The van der Waals surface area contributed by atoms with Crippen molar-refractivity contribution in [3.8, 4) is 11.5 Å². The van der Waals surface area contributed by atoms with E-state index in [0.29, 0.717) is 17.4 Å². The Hall–Kier alpha value is -6.44. The number of nitrogens with zero attached hydrogens (tertiary/aromatic N) is 3. The van der Waals surface area contributed by atoms with Gasteiger partial charge in [0.05, 0.1) is 30.1 Å². The maximum absolute atomic E-state index is 11.9. The van der Waals surface area contributed by atoms with E-state index >= 15 is 0 Å². The van der Waals surface area contributed by atoms with Crippen LogP contribution in [0.5, 0.6) is 11.5 Å². The predicted octanol–water partition coefficient (Wildman–Crippen LogP) is 15.5. The summed E-state index contributed by atoms with van der Waals surface area (Å²) in [4.78, 5) is 16.9. The molecule has 0 amide bonds. The van der Waals surface area contributed by atoms with E-state index in [1.54, 1.807) is 23.0 Å². The Morgan fingerprint density at radius 2 is 0.920 bits per heavy atom. The van der Waals surface area contributed by atoms with Gasteiger partial charge in [-0.3, -0.25) is 0 Å². The molecular formula is C59H57CuF6N3O3P3+2. The van der Waals surface area contributed by atoms with Crippen molar-refractivity contribution < 1.29 is 56.5 Å². The molecule has 8 aromatic carbocycles. The van der Waals surface area contributed by atoms with Crippen molar-refractivity contribution in [1.29, 1.82) is 0 Å². The Balaban J connectivity index is 0.000000223. The van der Waals surface area contributed by atoms with Crippen molar-refractivity contribution in [3.63, 3.8) is 0 Å². The van der Waals surface area contributed by atoms with Crippen molar-refractivity contribution in [3.05, 3.63) is 229 Å². The number of ether oxygens (including phenoxy) is 2. The molecule has 9 rings (SSSR count). The van der Waals surface area contributed by atoms with Gasteiger partial charge in [-0.1, -0.05) is 149 Å². The fraction of sp³-hybridized carbons (Fsp3) is 0.136. The van der Waals surface area contributed by atoms with Crippen LogP contribution in [0.2, 0.25) is 0 Å². The van der Waals surface area contributed by atoms with Crippen molar-refractivity contribution in [1.82, 2.24) is 9.78 Å². The Morgan fingerprint density at radius 1 is 0.547 bits per heavy atom. The van der Waals surface area contributed by atoms with Gasteiger partial charge >= 0.3 is 56.0 Å². The molecule has 0 fully saturated rings. The molecule has 0 radical (unpaired) electrons. The average molecular weight is 1130 g/mol. The van der Waals surface area contributed by atoms with Crippen molar-refractivity contribution in [2.45, 2.75) is 46.5 Å². The van der Waals surface area contributed by atoms with Gasteiger partial charge in [-0.15, -0.1) is 0 Å². The number of benzene rings is 8. The van der Waals surface area contributed by atoms with Gasteiger partial charge in [-0.25, -0.2) is 14.5 Å². The predicted molar refractivity (Wildman–Crippen MR) is 301 cm³/mol. The first-order valence-corrected chi connectivity index (χ1v) is 28.8. The summed E-state index contributed by atoms with van der Waals surface area (Å²) in [6.45, 7) is 10.7. The molecule has 16 heteroatoms. The molecule has 0 N–H and O–H groups in total. The number of hydrogen-bond donors (Lipinski definition) is 0. The van der Waals surface area contributed by atoms with Crippen LogP contribution in [0, 0.1) is 0 Å². The number of methoxy groups -OCH3 is 1. The molecule has 0 bridgehead atoms. The molecule has 0 saturated heterocycles. The number of esters is 1. The number of carbonyl (C=O) groups is 1. The van der Waals surface area contributed by atoms with Crippen LogP contribution in [-0.4, -0.2) is 28.7 Å². The molecule has 1 heterocycles. The smallest absolute Gasteiger partial charge is 0.449 e. The number of aliphatic imine (C=N–C) groups is 1. The Morgan fingerprint density at radius 3 is 1.29 bits per heavy atom. The second-order valence-electron chi connectivity index (χ2n) is 17.8. The van der Waals surface area contributed by atoms with Crippen LogP contribution in [0.1, 0.15) is 67.9 Å². The number of rotatable bonds is 12. The van der Waals surface area contributed by atoms with Crippen molar-refractivity contribution >= 4 is 83.9 Å². The van der Waals surface area contributed by atoms with E-state index in [4.69, 9.17) is 14.5 Å². The summed E-state index contributed by atoms with van der Waals surface area (Å²) >= 11 is 0. The molecule has 0 unspecified atom stereocenters. The van der Waals surface area contributed by atoms with Gasteiger partial charge in [0.1, 0.15) is 53.5 Å². The standard InChI is InChI=1S/C36H28OP2.C23H27N3O2.Cu.F6P/c1-5-17-29(18-6-1)38(30-19-7-2-8-20-30)35-27-15-13-25-33(35)37-34-26-14-16-28-36(34)39(31-21-9-3-10-22-31)32-23-11-4-12-24-32;1-14(2)19-8-7-9-20(15(3)4)22(19)25-16(5)26-21-12-17(23(27)28-6)10-11-18(21)13-24-26;;1-7(2,3,4,5)6/h1-28H;7-15H,1-6H3;;/q;;+1;-1/p+2. The first kappa shape index (κ1) is 57.8. The van der Waals surface area contributed by atoms with Gasteiger partial charge in [0.2, 0.25) is 0 Å². The largest absolute Gasteiger partial charge is 1.00 e. The van der Waals surface area contributed by atoms with E-state index in [1.165, 1.54) is 50.1 Å². The SMILES string of the molecule is COC(=O)c1ccc2cnn(C(C)=Nc3c(C(C)C)cccc3C(C)C)c2c1.F[P-](F)(F)(F)(F)F.[Cu+].c1ccc([PH+](c2ccccc2)c2ccccc2Oc2ccccc2[PH+](c2ccccc2)c2ccccc2)cc1. The van der Waals surface area contributed by atoms with Crippen LogP contribution in [-0.2, 0) is 21.8 Å². The second-order valence-corrected chi connectivity index (χ2v) is 24.6. The summed E-state index contributed by atoms with van der Waals surface area (Å²) in [6, 6.07) is 72.4. The molecular weight excluding hydrogens is 1070 g/mol. The van der Waals surface area contributed by atoms with Crippen molar-refractivity contribution in [2.75, 3.05) is 7.11 Å². The minimum atomic E-state index is -10.7. The van der Waals surface area contributed by atoms with E-state index in [2.05, 4.69) is 221 Å². The number of fused-ring (bicyclic) bond motifs is 1. The first-order chi connectivity index (χ1) is 35.2. The van der Waals surface area contributed by atoms with Gasteiger partial charge in [-0.05, 0) is 115 Å². The normalized spacial score (nSPS) is 12.5. The second kappa shape index (κ2) is 24.5.